The predicted octanol–water partition coefficient (Wildman–Crippen LogP) is 3.18. The Bertz CT molecular complexity index is 976. The van der Waals surface area contributed by atoms with Gasteiger partial charge in [-0.05, 0) is 48.5 Å². The van der Waals surface area contributed by atoms with Gasteiger partial charge in [0.15, 0.2) is 5.69 Å². The summed E-state index contributed by atoms with van der Waals surface area (Å²) in [5.41, 5.74) is 1.89. The van der Waals surface area contributed by atoms with Crippen molar-refractivity contribution in [3.8, 4) is 11.8 Å². The van der Waals surface area contributed by atoms with E-state index in [0.29, 0.717) is 30.1 Å². The Morgan fingerprint density at radius 1 is 1.26 bits per heavy atom. The summed E-state index contributed by atoms with van der Waals surface area (Å²) in [5.74, 6) is -0.693. The van der Waals surface area contributed by atoms with Gasteiger partial charge in [-0.25, -0.2) is 9.07 Å². The molecule has 1 heterocycles. The van der Waals surface area contributed by atoms with Crippen molar-refractivity contribution in [1.82, 2.24) is 9.78 Å². The Hall–Kier alpha value is -3.50. The molecule has 0 saturated heterocycles. The number of methoxy groups -OCH3 is 1. The van der Waals surface area contributed by atoms with Crippen molar-refractivity contribution in [2.75, 3.05) is 25.2 Å². The summed E-state index contributed by atoms with van der Waals surface area (Å²) in [6.07, 6.45) is 1.61. The van der Waals surface area contributed by atoms with Gasteiger partial charge in [-0.2, -0.15) is 10.4 Å². The zero-order valence-corrected chi connectivity index (χ0v) is 14.7. The second-order valence-electron chi connectivity index (χ2n) is 5.73. The molecule has 2 aromatic carbocycles. The molecule has 0 saturated carbocycles. The molecule has 0 unspecified atom stereocenters. The van der Waals surface area contributed by atoms with E-state index in [-0.39, 0.29) is 17.4 Å². The maximum atomic E-state index is 13.4. The first-order chi connectivity index (χ1) is 13.1. The van der Waals surface area contributed by atoms with Gasteiger partial charge in [0.25, 0.3) is 5.91 Å². The third-order valence-corrected chi connectivity index (χ3v) is 3.95. The van der Waals surface area contributed by atoms with Crippen LogP contribution in [-0.4, -0.2) is 35.9 Å². The van der Waals surface area contributed by atoms with Gasteiger partial charge >= 0.3 is 0 Å². The van der Waals surface area contributed by atoms with Crippen molar-refractivity contribution in [2.24, 2.45) is 0 Å². The molecule has 0 fully saturated rings. The average Bonchev–Trinajstić information content (AvgIpc) is 3.19. The highest BCUT2D eigenvalue weighted by molar-refractivity contribution is 6.04. The van der Waals surface area contributed by atoms with Gasteiger partial charge in [-0.1, -0.05) is 6.07 Å². The Balaban J connectivity index is 1.88. The topological polar surface area (TPSA) is 71.2 Å². The van der Waals surface area contributed by atoms with Crippen LogP contribution >= 0.6 is 0 Å². The highest BCUT2D eigenvalue weighted by Gasteiger charge is 2.20. The van der Waals surface area contributed by atoms with Crippen molar-refractivity contribution in [3.63, 3.8) is 0 Å². The number of halogens is 1. The van der Waals surface area contributed by atoms with E-state index in [9.17, 15) is 9.18 Å². The van der Waals surface area contributed by atoms with Crippen LogP contribution in [0.3, 0.4) is 0 Å². The summed E-state index contributed by atoms with van der Waals surface area (Å²) >= 11 is 0. The fraction of sp³-hybridized carbons (Fsp3) is 0.150. The Kier molecular flexibility index (Phi) is 5.59. The zero-order chi connectivity index (χ0) is 19.2. The first kappa shape index (κ1) is 18.3. The van der Waals surface area contributed by atoms with Crippen molar-refractivity contribution in [2.45, 2.75) is 0 Å². The van der Waals surface area contributed by atoms with Gasteiger partial charge in [0.2, 0.25) is 0 Å². The van der Waals surface area contributed by atoms with Crippen LogP contribution in [0, 0.1) is 17.1 Å². The zero-order valence-electron chi connectivity index (χ0n) is 14.7. The number of hydrogen-bond acceptors (Lipinski definition) is 4. The SMILES string of the molecule is COCCN(C(=O)c1ccn(-c2cccc(F)c2)n1)c1ccc(C#N)cc1. The van der Waals surface area contributed by atoms with E-state index in [1.807, 2.05) is 6.07 Å². The van der Waals surface area contributed by atoms with Gasteiger partial charge in [-0.3, -0.25) is 4.79 Å². The Morgan fingerprint density at radius 2 is 2.04 bits per heavy atom. The molecule has 1 aromatic heterocycles. The third kappa shape index (κ3) is 4.19. The average molecular weight is 364 g/mol. The van der Waals surface area contributed by atoms with E-state index in [1.165, 1.54) is 21.7 Å². The lowest BCUT2D eigenvalue weighted by Gasteiger charge is -2.21. The minimum absolute atomic E-state index is 0.222. The molecule has 0 bridgehead atoms. The standard InChI is InChI=1S/C20H17FN4O2/c1-27-12-11-24(17-7-5-15(14-22)6-8-17)20(26)19-9-10-25(23-19)18-4-2-3-16(21)13-18/h2-10,13H,11-12H2,1H3. The van der Waals surface area contributed by atoms with Gasteiger partial charge in [0.1, 0.15) is 5.82 Å². The maximum Gasteiger partial charge on any atom is 0.278 e. The summed E-state index contributed by atoms with van der Waals surface area (Å²) < 4.78 is 20.0. The lowest BCUT2D eigenvalue weighted by Crippen LogP contribution is -2.34. The van der Waals surface area contributed by atoms with Crippen LogP contribution < -0.4 is 4.90 Å². The fourth-order valence-corrected chi connectivity index (χ4v) is 2.59. The summed E-state index contributed by atoms with van der Waals surface area (Å²) in [5, 5.41) is 13.2. The molecule has 0 aliphatic rings. The van der Waals surface area contributed by atoms with E-state index in [4.69, 9.17) is 10.00 Å². The van der Waals surface area contributed by atoms with Gasteiger partial charge in [-0.15, -0.1) is 0 Å². The molecule has 6 nitrogen and oxygen atoms in total. The number of ether oxygens (including phenoxy) is 1. The molecule has 0 N–H and O–H groups in total. The number of rotatable bonds is 6. The van der Waals surface area contributed by atoms with Crippen LogP contribution in [0.25, 0.3) is 5.69 Å². The summed E-state index contributed by atoms with van der Waals surface area (Å²) in [6, 6.07) is 16.3. The van der Waals surface area contributed by atoms with Crippen molar-refractivity contribution in [1.29, 1.82) is 5.26 Å². The van der Waals surface area contributed by atoms with Gasteiger partial charge in [0.05, 0.1) is 23.9 Å². The van der Waals surface area contributed by atoms with Crippen LogP contribution in [0.15, 0.2) is 60.8 Å². The molecule has 0 aliphatic heterocycles. The van der Waals surface area contributed by atoms with Gasteiger partial charge in [0, 0.05) is 25.5 Å². The van der Waals surface area contributed by atoms with Crippen LogP contribution in [0.2, 0.25) is 0 Å². The number of nitriles is 1. The number of carbonyl (C=O) groups excluding carboxylic acids is 1. The number of hydrogen-bond donors (Lipinski definition) is 0. The Labute approximate surface area is 156 Å². The second-order valence-corrected chi connectivity index (χ2v) is 5.73. The quantitative estimate of drug-likeness (QED) is 0.674. The van der Waals surface area contributed by atoms with E-state index in [1.54, 1.807) is 55.8 Å². The maximum absolute atomic E-state index is 13.4. The third-order valence-electron chi connectivity index (χ3n) is 3.95. The smallest absolute Gasteiger partial charge is 0.278 e. The van der Waals surface area contributed by atoms with E-state index >= 15 is 0 Å². The molecule has 0 spiro atoms. The second kappa shape index (κ2) is 8.25. The summed E-state index contributed by atoms with van der Waals surface area (Å²) in [4.78, 5) is 14.5. The van der Waals surface area contributed by atoms with E-state index < -0.39 is 0 Å². The number of benzene rings is 2. The first-order valence-corrected chi connectivity index (χ1v) is 8.25. The van der Waals surface area contributed by atoms with Crippen LogP contribution in [0.1, 0.15) is 16.1 Å². The number of nitrogens with zero attached hydrogens (tertiary/aromatic N) is 4. The van der Waals surface area contributed by atoms with Gasteiger partial charge < -0.3 is 9.64 Å². The minimum atomic E-state index is -0.379. The number of aromatic nitrogens is 2. The lowest BCUT2D eigenvalue weighted by molar-refractivity contribution is 0.0970. The largest absolute Gasteiger partial charge is 0.383 e. The van der Waals surface area contributed by atoms with Crippen LogP contribution in [0.4, 0.5) is 10.1 Å². The van der Waals surface area contributed by atoms with E-state index in [2.05, 4.69) is 5.10 Å². The fourth-order valence-electron chi connectivity index (χ4n) is 2.59. The molecule has 3 aromatic rings. The normalized spacial score (nSPS) is 10.4. The van der Waals surface area contributed by atoms with Crippen LogP contribution in [0.5, 0.6) is 0 Å². The molecule has 7 heteroatoms. The highest BCUT2D eigenvalue weighted by atomic mass is 19.1. The predicted molar refractivity (Wildman–Crippen MR) is 98.2 cm³/mol. The van der Waals surface area contributed by atoms with Crippen molar-refractivity contribution in [3.05, 3.63) is 77.9 Å². The van der Waals surface area contributed by atoms with Crippen molar-refractivity contribution < 1.29 is 13.9 Å². The molecule has 27 heavy (non-hydrogen) atoms. The molecule has 1 amide bonds. The summed E-state index contributed by atoms with van der Waals surface area (Å²) in [7, 11) is 1.56. The molecule has 136 valence electrons. The number of anilines is 1. The minimum Gasteiger partial charge on any atom is -0.383 e. The first-order valence-electron chi connectivity index (χ1n) is 8.25. The highest BCUT2D eigenvalue weighted by Crippen LogP contribution is 2.18. The molecular formula is C20H17FN4O2. The number of carbonyl (C=O) groups is 1. The number of amides is 1. The van der Waals surface area contributed by atoms with E-state index in [0.717, 1.165) is 0 Å². The molecule has 3 rings (SSSR count). The lowest BCUT2D eigenvalue weighted by atomic mass is 10.2. The summed E-state index contributed by atoms with van der Waals surface area (Å²) in [6.45, 7) is 0.671. The monoisotopic (exact) mass is 364 g/mol. The van der Waals surface area contributed by atoms with Crippen LogP contribution in [-0.2, 0) is 4.74 Å². The molecular weight excluding hydrogens is 347 g/mol. The van der Waals surface area contributed by atoms with Crippen molar-refractivity contribution >= 4 is 11.6 Å². The Morgan fingerprint density at radius 3 is 2.70 bits per heavy atom. The molecule has 0 aliphatic carbocycles. The molecule has 0 atom stereocenters. The molecule has 0 radical (unpaired) electrons.